The predicted molar refractivity (Wildman–Crippen MR) is 64.3 cm³/mol. The maximum absolute atomic E-state index is 3.49. The molecule has 3 heteroatoms. The molecule has 1 aromatic rings. The normalized spacial score (nSPS) is 30.9. The second-order valence-corrected chi connectivity index (χ2v) is 5.60. The summed E-state index contributed by atoms with van der Waals surface area (Å²) in [5.74, 6) is 1.87. The van der Waals surface area contributed by atoms with Crippen LogP contribution in [0, 0.1) is 11.8 Å². The Hall–Kier alpha value is -0.380. The van der Waals surface area contributed by atoms with Crippen LogP contribution in [-0.2, 0) is 6.42 Å². The number of likely N-dealkylation sites (tertiary alicyclic amines) is 1. The van der Waals surface area contributed by atoms with Crippen LogP contribution in [0.1, 0.15) is 5.56 Å². The summed E-state index contributed by atoms with van der Waals surface area (Å²) in [5.41, 5.74) is 1.51. The lowest BCUT2D eigenvalue weighted by Crippen LogP contribution is -2.27. The minimum Gasteiger partial charge on any atom is -0.316 e. The molecule has 0 saturated carbocycles. The van der Waals surface area contributed by atoms with Gasteiger partial charge in [-0.2, -0.15) is 11.3 Å². The van der Waals surface area contributed by atoms with E-state index in [1.807, 2.05) is 11.3 Å². The van der Waals surface area contributed by atoms with Crippen LogP contribution in [0.5, 0.6) is 0 Å². The second kappa shape index (κ2) is 4.24. The molecule has 2 unspecified atom stereocenters. The van der Waals surface area contributed by atoms with Crippen molar-refractivity contribution in [2.45, 2.75) is 6.42 Å². The summed E-state index contributed by atoms with van der Waals surface area (Å²) in [6, 6.07) is 2.25. The Labute approximate surface area is 95.3 Å². The van der Waals surface area contributed by atoms with Crippen molar-refractivity contribution in [1.82, 2.24) is 10.2 Å². The Morgan fingerprint density at radius 2 is 2.13 bits per heavy atom. The summed E-state index contributed by atoms with van der Waals surface area (Å²) in [7, 11) is 0. The van der Waals surface area contributed by atoms with Crippen molar-refractivity contribution in [3.05, 3.63) is 22.4 Å². The zero-order valence-electron chi connectivity index (χ0n) is 8.98. The summed E-state index contributed by atoms with van der Waals surface area (Å²) < 4.78 is 0. The molecule has 0 aliphatic carbocycles. The highest BCUT2D eigenvalue weighted by molar-refractivity contribution is 7.07. The minimum absolute atomic E-state index is 0.937. The molecule has 3 rings (SSSR count). The molecule has 0 radical (unpaired) electrons. The molecule has 0 bridgehead atoms. The molecule has 0 aromatic carbocycles. The van der Waals surface area contributed by atoms with Gasteiger partial charge in [-0.3, -0.25) is 0 Å². The second-order valence-electron chi connectivity index (χ2n) is 4.82. The third kappa shape index (κ3) is 2.10. The lowest BCUT2D eigenvalue weighted by molar-refractivity contribution is 0.317. The van der Waals surface area contributed by atoms with Gasteiger partial charge in [0.1, 0.15) is 0 Å². The van der Waals surface area contributed by atoms with E-state index in [4.69, 9.17) is 0 Å². The van der Waals surface area contributed by atoms with Gasteiger partial charge < -0.3 is 10.2 Å². The maximum atomic E-state index is 3.49. The van der Waals surface area contributed by atoms with Gasteiger partial charge in [-0.1, -0.05) is 0 Å². The zero-order valence-corrected chi connectivity index (χ0v) is 9.80. The van der Waals surface area contributed by atoms with E-state index in [1.165, 1.54) is 44.7 Å². The molecule has 3 heterocycles. The largest absolute Gasteiger partial charge is 0.316 e. The van der Waals surface area contributed by atoms with Crippen LogP contribution < -0.4 is 5.32 Å². The van der Waals surface area contributed by atoms with E-state index < -0.39 is 0 Å². The van der Waals surface area contributed by atoms with Crippen LogP contribution in [0.25, 0.3) is 0 Å². The van der Waals surface area contributed by atoms with Crippen LogP contribution in [0.4, 0.5) is 0 Å². The molecule has 15 heavy (non-hydrogen) atoms. The lowest BCUT2D eigenvalue weighted by Gasteiger charge is -2.16. The van der Waals surface area contributed by atoms with Gasteiger partial charge in [0.2, 0.25) is 0 Å². The average molecular weight is 222 g/mol. The van der Waals surface area contributed by atoms with Crippen molar-refractivity contribution >= 4 is 11.3 Å². The molecular weight excluding hydrogens is 204 g/mol. The molecule has 1 aromatic heterocycles. The van der Waals surface area contributed by atoms with Crippen molar-refractivity contribution in [3.63, 3.8) is 0 Å². The van der Waals surface area contributed by atoms with Gasteiger partial charge in [0, 0.05) is 19.6 Å². The van der Waals surface area contributed by atoms with Crippen LogP contribution in [0.3, 0.4) is 0 Å². The van der Waals surface area contributed by atoms with Gasteiger partial charge in [-0.15, -0.1) is 0 Å². The number of hydrogen-bond donors (Lipinski definition) is 1. The fourth-order valence-corrected chi connectivity index (χ4v) is 3.56. The van der Waals surface area contributed by atoms with Crippen molar-refractivity contribution in [2.75, 3.05) is 32.7 Å². The molecule has 2 aliphatic heterocycles. The van der Waals surface area contributed by atoms with Crippen LogP contribution in [0.15, 0.2) is 16.8 Å². The quantitative estimate of drug-likeness (QED) is 0.832. The number of nitrogens with one attached hydrogen (secondary N) is 1. The Bertz CT molecular complexity index is 297. The van der Waals surface area contributed by atoms with E-state index in [0.717, 1.165) is 11.8 Å². The highest BCUT2D eigenvalue weighted by atomic mass is 32.1. The first-order chi connectivity index (χ1) is 7.42. The number of thiophene rings is 1. The molecule has 2 atom stereocenters. The number of fused-ring (bicyclic) bond motifs is 1. The van der Waals surface area contributed by atoms with E-state index in [1.54, 1.807) is 0 Å². The van der Waals surface area contributed by atoms with Crippen LogP contribution in [0.2, 0.25) is 0 Å². The molecule has 0 amide bonds. The summed E-state index contributed by atoms with van der Waals surface area (Å²) in [4.78, 5) is 2.65. The SMILES string of the molecule is c1cc(CCN2CC3CNCC3C2)cs1. The van der Waals surface area contributed by atoms with E-state index >= 15 is 0 Å². The first-order valence-electron chi connectivity index (χ1n) is 5.86. The molecule has 82 valence electrons. The third-order valence-corrected chi connectivity index (χ3v) is 4.49. The van der Waals surface area contributed by atoms with E-state index in [0.29, 0.717) is 0 Å². The first-order valence-corrected chi connectivity index (χ1v) is 6.80. The Kier molecular flexibility index (Phi) is 2.77. The molecule has 1 N–H and O–H groups in total. The molecule has 2 fully saturated rings. The Balaban J connectivity index is 1.49. The summed E-state index contributed by atoms with van der Waals surface area (Å²) in [5, 5.41) is 7.94. The number of rotatable bonds is 3. The molecule has 0 spiro atoms. The summed E-state index contributed by atoms with van der Waals surface area (Å²) >= 11 is 1.81. The fourth-order valence-electron chi connectivity index (χ4n) is 2.86. The predicted octanol–water partition coefficient (Wildman–Crippen LogP) is 1.44. The van der Waals surface area contributed by atoms with E-state index in [2.05, 4.69) is 27.0 Å². The molecule has 2 saturated heterocycles. The number of nitrogens with zero attached hydrogens (tertiary/aromatic N) is 1. The van der Waals surface area contributed by atoms with Crippen molar-refractivity contribution in [1.29, 1.82) is 0 Å². The van der Waals surface area contributed by atoms with Gasteiger partial charge in [0.15, 0.2) is 0 Å². The molecule has 2 aliphatic rings. The highest BCUT2D eigenvalue weighted by Gasteiger charge is 2.35. The third-order valence-electron chi connectivity index (χ3n) is 3.76. The molecular formula is C12H18N2S. The van der Waals surface area contributed by atoms with Crippen molar-refractivity contribution in [2.24, 2.45) is 11.8 Å². The summed E-state index contributed by atoms with van der Waals surface area (Å²) in [6.45, 7) is 6.40. The van der Waals surface area contributed by atoms with Gasteiger partial charge in [0.05, 0.1) is 0 Å². The fraction of sp³-hybridized carbons (Fsp3) is 0.667. The van der Waals surface area contributed by atoms with Crippen molar-refractivity contribution in [3.8, 4) is 0 Å². The number of hydrogen-bond acceptors (Lipinski definition) is 3. The Morgan fingerprint density at radius 1 is 1.33 bits per heavy atom. The van der Waals surface area contributed by atoms with E-state index in [9.17, 15) is 0 Å². The van der Waals surface area contributed by atoms with Gasteiger partial charge in [-0.05, 0) is 53.7 Å². The topological polar surface area (TPSA) is 15.3 Å². The highest BCUT2D eigenvalue weighted by Crippen LogP contribution is 2.26. The zero-order chi connectivity index (χ0) is 10.1. The lowest BCUT2D eigenvalue weighted by atomic mass is 10.0. The van der Waals surface area contributed by atoms with Gasteiger partial charge in [-0.25, -0.2) is 0 Å². The monoisotopic (exact) mass is 222 g/mol. The minimum atomic E-state index is 0.937. The van der Waals surface area contributed by atoms with Gasteiger partial charge in [0.25, 0.3) is 0 Å². The average Bonchev–Trinajstić information content (AvgIpc) is 2.91. The molecule has 2 nitrogen and oxygen atoms in total. The van der Waals surface area contributed by atoms with E-state index in [-0.39, 0.29) is 0 Å². The van der Waals surface area contributed by atoms with Crippen molar-refractivity contribution < 1.29 is 0 Å². The van der Waals surface area contributed by atoms with Crippen LogP contribution >= 0.6 is 11.3 Å². The first kappa shape index (κ1) is 9.82. The Morgan fingerprint density at radius 3 is 2.80 bits per heavy atom. The van der Waals surface area contributed by atoms with Gasteiger partial charge >= 0.3 is 0 Å². The van der Waals surface area contributed by atoms with Crippen LogP contribution in [-0.4, -0.2) is 37.6 Å². The smallest absolute Gasteiger partial charge is 0.00257 e. The standard InChI is InChI=1S/C12H18N2S/c1(10-2-4-15-9-10)3-14-7-11-5-13-6-12(11)8-14/h2,4,9,11-13H,1,3,5-8H2. The maximum Gasteiger partial charge on any atom is 0.00257 e. The summed E-state index contributed by atoms with van der Waals surface area (Å²) in [6.07, 6.45) is 1.23.